The molecule has 0 aliphatic heterocycles. The van der Waals surface area contributed by atoms with Crippen molar-refractivity contribution in [2.75, 3.05) is 6.61 Å². The van der Waals surface area contributed by atoms with E-state index in [1.807, 2.05) is 0 Å². The van der Waals surface area contributed by atoms with Crippen LogP contribution in [0.3, 0.4) is 0 Å². The Morgan fingerprint density at radius 2 is 0.823 bits per heavy atom. The minimum Gasteiger partial charge on any atom is -0.462 e. The molecule has 3 atom stereocenters. The molecule has 0 rings (SSSR count). The second-order valence-electron chi connectivity index (χ2n) is 18.6. The van der Waals surface area contributed by atoms with Crippen LogP contribution in [0.25, 0.3) is 0 Å². The normalized spacial score (nSPS) is 13.4. The Morgan fingerprint density at radius 3 is 1.27 bits per heavy atom. The average Bonchev–Trinajstić information content (AvgIpc) is 3.26. The van der Waals surface area contributed by atoms with E-state index in [9.17, 15) is 19.8 Å². The standard InChI is InChI=1S/C56H105NO5/c1-4-7-10-13-16-19-22-25-26-27-28-31-34-37-40-43-46-49-56(61)62-52(47-44-41-38-35-32-29-23-20-17-14-11-8-5-2)50-55(60)57-53(51-58)54(59)48-45-42-39-36-33-30-24-21-18-15-12-9-6-3/h16,19,25-26,28,31,52-54,58-59H,4-15,17-18,20-24,27,29-30,32-51H2,1-3H3,(H,57,60)/b19-16-,26-25-,31-28-. The number of carbonyl (C=O) groups excluding carboxylic acids is 2. The summed E-state index contributed by atoms with van der Waals surface area (Å²) in [7, 11) is 0. The van der Waals surface area contributed by atoms with E-state index in [0.29, 0.717) is 19.3 Å². The van der Waals surface area contributed by atoms with Gasteiger partial charge in [-0.2, -0.15) is 0 Å². The molecule has 1 amide bonds. The zero-order chi connectivity index (χ0) is 45.2. The molecule has 0 aromatic heterocycles. The van der Waals surface area contributed by atoms with E-state index in [0.717, 1.165) is 70.6 Å². The second-order valence-corrected chi connectivity index (χ2v) is 18.6. The summed E-state index contributed by atoms with van der Waals surface area (Å²) in [6.45, 7) is 6.47. The van der Waals surface area contributed by atoms with E-state index in [1.165, 1.54) is 167 Å². The first-order valence-corrected chi connectivity index (χ1v) is 27.2. The Morgan fingerprint density at radius 1 is 0.468 bits per heavy atom. The number of esters is 1. The van der Waals surface area contributed by atoms with Crippen molar-refractivity contribution in [1.29, 1.82) is 0 Å². The maximum Gasteiger partial charge on any atom is 0.306 e. The lowest BCUT2D eigenvalue weighted by atomic mass is 10.0. The number of allylic oxidation sites excluding steroid dienone is 6. The van der Waals surface area contributed by atoms with Gasteiger partial charge >= 0.3 is 5.97 Å². The van der Waals surface area contributed by atoms with Crippen LogP contribution in [0.5, 0.6) is 0 Å². The number of hydrogen-bond acceptors (Lipinski definition) is 5. The first-order chi connectivity index (χ1) is 30.5. The number of amides is 1. The number of rotatable bonds is 49. The number of ether oxygens (including phenoxy) is 1. The highest BCUT2D eigenvalue weighted by Gasteiger charge is 2.24. The molecule has 6 nitrogen and oxygen atoms in total. The van der Waals surface area contributed by atoms with Crippen molar-refractivity contribution in [3.8, 4) is 0 Å². The van der Waals surface area contributed by atoms with Crippen molar-refractivity contribution in [3.05, 3.63) is 36.5 Å². The molecule has 0 aromatic rings. The van der Waals surface area contributed by atoms with Gasteiger partial charge in [0.15, 0.2) is 0 Å². The Bertz CT molecular complexity index is 1020. The number of unbranched alkanes of at least 4 members (excludes halogenated alkanes) is 31. The zero-order valence-electron chi connectivity index (χ0n) is 41.5. The molecule has 0 saturated heterocycles. The third kappa shape index (κ3) is 44.7. The van der Waals surface area contributed by atoms with E-state index < -0.39 is 18.2 Å². The average molecular weight is 872 g/mol. The largest absolute Gasteiger partial charge is 0.462 e. The second kappa shape index (κ2) is 50.1. The molecule has 364 valence electrons. The molecule has 0 aliphatic rings. The molecule has 6 heteroatoms. The molecule has 0 bridgehead atoms. The van der Waals surface area contributed by atoms with Crippen LogP contribution in [0.4, 0.5) is 0 Å². The van der Waals surface area contributed by atoms with E-state index in [-0.39, 0.29) is 24.9 Å². The monoisotopic (exact) mass is 872 g/mol. The summed E-state index contributed by atoms with van der Waals surface area (Å²) in [5, 5.41) is 23.8. The van der Waals surface area contributed by atoms with Gasteiger partial charge in [-0.05, 0) is 64.2 Å². The van der Waals surface area contributed by atoms with Gasteiger partial charge in [0.2, 0.25) is 5.91 Å². The lowest BCUT2D eigenvalue weighted by Crippen LogP contribution is -2.46. The highest BCUT2D eigenvalue weighted by molar-refractivity contribution is 5.77. The van der Waals surface area contributed by atoms with Crippen LogP contribution in [0.15, 0.2) is 36.5 Å². The summed E-state index contributed by atoms with van der Waals surface area (Å²) in [4.78, 5) is 26.2. The summed E-state index contributed by atoms with van der Waals surface area (Å²) in [6, 6.07) is -0.703. The maximum absolute atomic E-state index is 13.2. The zero-order valence-corrected chi connectivity index (χ0v) is 41.5. The van der Waals surface area contributed by atoms with E-state index in [2.05, 4.69) is 62.5 Å². The first-order valence-electron chi connectivity index (χ1n) is 27.2. The quantitative estimate of drug-likeness (QED) is 0.0321. The van der Waals surface area contributed by atoms with Gasteiger partial charge in [-0.15, -0.1) is 0 Å². The Balaban J connectivity index is 4.57. The number of aliphatic hydroxyl groups excluding tert-OH is 2. The minimum absolute atomic E-state index is 0.0726. The SMILES string of the molecule is CCCCC/C=C\C/C=C\C/C=C\CCCCCCC(=O)OC(CCCCCCCCCCCCCCC)CC(=O)NC(CO)C(O)CCCCCCCCCCCCCCC. The van der Waals surface area contributed by atoms with Gasteiger partial charge in [0, 0.05) is 6.42 Å². The predicted molar refractivity (Wildman–Crippen MR) is 269 cm³/mol. The molecule has 0 heterocycles. The van der Waals surface area contributed by atoms with Gasteiger partial charge in [-0.3, -0.25) is 9.59 Å². The molecule has 0 spiro atoms. The summed E-state index contributed by atoms with van der Waals surface area (Å²) in [6.07, 6.45) is 59.1. The van der Waals surface area contributed by atoms with Crippen LogP contribution < -0.4 is 5.32 Å². The summed E-state index contributed by atoms with van der Waals surface area (Å²) in [5.74, 6) is -0.486. The molecule has 0 aromatic carbocycles. The van der Waals surface area contributed by atoms with Crippen LogP contribution >= 0.6 is 0 Å². The fourth-order valence-electron chi connectivity index (χ4n) is 8.32. The fourth-order valence-corrected chi connectivity index (χ4v) is 8.32. The molecule has 0 radical (unpaired) electrons. The number of carbonyl (C=O) groups is 2. The van der Waals surface area contributed by atoms with E-state index in [4.69, 9.17) is 4.74 Å². The smallest absolute Gasteiger partial charge is 0.306 e. The number of nitrogens with one attached hydrogen (secondary N) is 1. The Hall–Kier alpha value is -1.92. The molecule has 0 aliphatic carbocycles. The molecular weight excluding hydrogens is 767 g/mol. The molecule has 3 unspecified atom stereocenters. The minimum atomic E-state index is -0.788. The highest BCUT2D eigenvalue weighted by Crippen LogP contribution is 2.18. The van der Waals surface area contributed by atoms with Crippen molar-refractivity contribution in [3.63, 3.8) is 0 Å². The highest BCUT2D eigenvalue weighted by atomic mass is 16.5. The van der Waals surface area contributed by atoms with Crippen LogP contribution in [-0.4, -0.2) is 46.9 Å². The van der Waals surface area contributed by atoms with Gasteiger partial charge in [-0.1, -0.05) is 243 Å². The lowest BCUT2D eigenvalue weighted by molar-refractivity contribution is -0.151. The predicted octanol–water partition coefficient (Wildman–Crippen LogP) is 16.5. The van der Waals surface area contributed by atoms with Gasteiger partial charge in [0.05, 0.1) is 25.2 Å². The summed E-state index contributed by atoms with van der Waals surface area (Å²) >= 11 is 0. The Kier molecular flexibility index (Phi) is 48.5. The van der Waals surface area contributed by atoms with Crippen LogP contribution in [0.1, 0.15) is 284 Å². The third-order valence-corrected chi connectivity index (χ3v) is 12.5. The van der Waals surface area contributed by atoms with Crippen LogP contribution in [0.2, 0.25) is 0 Å². The van der Waals surface area contributed by atoms with Crippen LogP contribution in [-0.2, 0) is 14.3 Å². The van der Waals surface area contributed by atoms with E-state index >= 15 is 0 Å². The number of aliphatic hydroxyl groups is 2. The van der Waals surface area contributed by atoms with Crippen molar-refractivity contribution in [2.45, 2.75) is 302 Å². The maximum atomic E-state index is 13.2. The van der Waals surface area contributed by atoms with Gasteiger partial charge in [-0.25, -0.2) is 0 Å². The van der Waals surface area contributed by atoms with Gasteiger partial charge in [0.1, 0.15) is 6.10 Å². The number of hydrogen-bond donors (Lipinski definition) is 3. The summed E-state index contributed by atoms with van der Waals surface area (Å²) < 4.78 is 5.94. The van der Waals surface area contributed by atoms with Crippen molar-refractivity contribution < 1.29 is 24.5 Å². The van der Waals surface area contributed by atoms with Crippen molar-refractivity contribution in [2.24, 2.45) is 0 Å². The molecule has 3 N–H and O–H groups in total. The van der Waals surface area contributed by atoms with Crippen molar-refractivity contribution in [1.82, 2.24) is 5.32 Å². The fraction of sp³-hybridized carbons (Fsp3) is 0.857. The Labute approximate surface area is 385 Å². The topological polar surface area (TPSA) is 95.9 Å². The molecular formula is C56H105NO5. The van der Waals surface area contributed by atoms with Crippen LogP contribution in [0, 0.1) is 0 Å². The molecule has 0 saturated carbocycles. The molecule has 62 heavy (non-hydrogen) atoms. The molecule has 0 fully saturated rings. The third-order valence-electron chi connectivity index (χ3n) is 12.5. The lowest BCUT2D eigenvalue weighted by Gasteiger charge is -2.24. The van der Waals surface area contributed by atoms with Gasteiger partial charge < -0.3 is 20.3 Å². The first kappa shape index (κ1) is 60.1. The summed E-state index contributed by atoms with van der Waals surface area (Å²) in [5.41, 5.74) is 0. The van der Waals surface area contributed by atoms with E-state index in [1.54, 1.807) is 0 Å². The van der Waals surface area contributed by atoms with Gasteiger partial charge in [0.25, 0.3) is 0 Å². The van der Waals surface area contributed by atoms with Crippen molar-refractivity contribution >= 4 is 11.9 Å².